The first-order valence-electron chi connectivity index (χ1n) is 6.61. The molecule has 0 aliphatic carbocycles. The first-order valence-corrected chi connectivity index (χ1v) is 6.61. The highest BCUT2D eigenvalue weighted by molar-refractivity contribution is 6.09. The van der Waals surface area contributed by atoms with Crippen LogP contribution in [0.15, 0.2) is 61.2 Å². The van der Waals surface area contributed by atoms with E-state index in [2.05, 4.69) is 18.4 Å². The monoisotopic (exact) mass is 276 g/mol. The molecule has 104 valence electrons. The lowest BCUT2D eigenvalue weighted by Crippen LogP contribution is -1.95. The van der Waals surface area contributed by atoms with E-state index in [4.69, 9.17) is 4.74 Å². The maximum absolute atomic E-state index is 12.0. The van der Waals surface area contributed by atoms with Gasteiger partial charge in [-0.15, -0.1) is 0 Å². The average molecular weight is 276 g/mol. The summed E-state index contributed by atoms with van der Waals surface area (Å²) in [5, 5.41) is 0. The molecule has 0 radical (unpaired) electrons. The van der Waals surface area contributed by atoms with Crippen LogP contribution in [0.2, 0.25) is 0 Å². The first-order chi connectivity index (χ1) is 10.2. The van der Waals surface area contributed by atoms with E-state index >= 15 is 0 Å². The maximum atomic E-state index is 12.0. The lowest BCUT2D eigenvalue weighted by molar-refractivity contribution is 0.105. The number of carbonyl (C=O) groups excluding carboxylic acids is 1. The van der Waals surface area contributed by atoms with Gasteiger partial charge in [-0.25, -0.2) is 0 Å². The Morgan fingerprint density at radius 1 is 1.10 bits per heavy atom. The molecular weight excluding hydrogens is 260 g/mol. The number of Topliss-reactive ketones (excluding diaryl/α,β-unsaturated/α-hetero) is 1. The minimum absolute atomic E-state index is 0.213. The molecule has 2 rings (SSSR count). The summed E-state index contributed by atoms with van der Waals surface area (Å²) in [5.74, 6) is 5.96. The molecular formula is C19H16O2. The van der Waals surface area contributed by atoms with Crippen molar-refractivity contribution in [2.24, 2.45) is 0 Å². The summed E-state index contributed by atoms with van der Waals surface area (Å²) in [5.41, 5.74) is 2.48. The highest BCUT2D eigenvalue weighted by atomic mass is 16.5. The van der Waals surface area contributed by atoms with Gasteiger partial charge in [-0.2, -0.15) is 0 Å². The number of carbonyl (C=O) groups is 1. The molecule has 21 heavy (non-hydrogen) atoms. The van der Waals surface area contributed by atoms with Crippen molar-refractivity contribution < 1.29 is 9.53 Å². The van der Waals surface area contributed by atoms with Gasteiger partial charge in [0.25, 0.3) is 0 Å². The first kappa shape index (κ1) is 14.6. The van der Waals surface area contributed by atoms with Crippen molar-refractivity contribution >= 4 is 11.4 Å². The number of rotatable bonds is 4. The second kappa shape index (κ2) is 7.12. The Morgan fingerprint density at radius 3 is 2.52 bits per heavy atom. The fraction of sp³-hybridized carbons (Fsp3) is 0.105. The minimum Gasteiger partial charge on any atom is -0.497 e. The molecule has 0 aliphatic heterocycles. The van der Waals surface area contributed by atoms with E-state index in [0.717, 1.165) is 11.1 Å². The SMILES string of the molecule is C=C(CC#CC(=O)c1cccc(OC)c1)c1ccccc1. The van der Waals surface area contributed by atoms with Gasteiger partial charge in [0.05, 0.1) is 7.11 Å². The third-order valence-electron chi connectivity index (χ3n) is 3.02. The van der Waals surface area contributed by atoms with Crippen molar-refractivity contribution in [1.29, 1.82) is 0 Å². The fourth-order valence-electron chi connectivity index (χ4n) is 1.84. The standard InChI is InChI=1S/C19H16O2/c1-15(16-9-4-3-5-10-16)8-6-13-19(20)17-11-7-12-18(14-17)21-2/h3-5,7,9-12,14H,1,8H2,2H3. The van der Waals surface area contributed by atoms with Crippen molar-refractivity contribution in [1.82, 2.24) is 0 Å². The van der Waals surface area contributed by atoms with Crippen molar-refractivity contribution in [3.63, 3.8) is 0 Å². The smallest absolute Gasteiger partial charge is 0.236 e. The summed E-state index contributed by atoms with van der Waals surface area (Å²) in [7, 11) is 1.57. The zero-order valence-corrected chi connectivity index (χ0v) is 11.9. The number of benzene rings is 2. The van der Waals surface area contributed by atoms with Gasteiger partial charge in [-0.05, 0) is 29.2 Å². The predicted molar refractivity (Wildman–Crippen MR) is 85.2 cm³/mol. The number of ether oxygens (including phenoxy) is 1. The molecule has 0 aromatic heterocycles. The van der Waals surface area contributed by atoms with Crippen LogP contribution in [0.5, 0.6) is 5.75 Å². The highest BCUT2D eigenvalue weighted by Crippen LogP contribution is 2.15. The molecule has 2 aromatic rings. The van der Waals surface area contributed by atoms with Crippen molar-refractivity contribution in [3.8, 4) is 17.6 Å². The van der Waals surface area contributed by atoms with Crippen molar-refractivity contribution in [2.75, 3.05) is 7.11 Å². The van der Waals surface area contributed by atoms with Crippen LogP contribution in [0.3, 0.4) is 0 Å². The Bertz CT molecular complexity index is 703. The van der Waals surface area contributed by atoms with Crippen LogP contribution in [0.4, 0.5) is 0 Å². The number of hydrogen-bond acceptors (Lipinski definition) is 2. The van der Waals surface area contributed by atoms with E-state index in [-0.39, 0.29) is 5.78 Å². The number of allylic oxidation sites excluding steroid dienone is 1. The molecule has 0 amide bonds. The summed E-state index contributed by atoms with van der Waals surface area (Å²) < 4.78 is 5.09. The van der Waals surface area contributed by atoms with Crippen molar-refractivity contribution in [3.05, 3.63) is 72.3 Å². The van der Waals surface area contributed by atoms with Gasteiger partial charge in [0, 0.05) is 12.0 Å². The van der Waals surface area contributed by atoms with E-state index in [1.54, 1.807) is 31.4 Å². The van der Waals surface area contributed by atoms with E-state index in [1.807, 2.05) is 30.3 Å². The third-order valence-corrected chi connectivity index (χ3v) is 3.02. The number of ketones is 1. The molecule has 0 saturated heterocycles. The molecule has 2 heteroatoms. The molecule has 0 N–H and O–H groups in total. The van der Waals surface area contributed by atoms with Crippen LogP contribution in [0.25, 0.3) is 5.57 Å². The Morgan fingerprint density at radius 2 is 1.81 bits per heavy atom. The van der Waals surface area contributed by atoms with E-state index in [0.29, 0.717) is 17.7 Å². The summed E-state index contributed by atoms with van der Waals surface area (Å²) >= 11 is 0. The molecule has 0 unspecified atom stereocenters. The van der Waals surface area contributed by atoms with Gasteiger partial charge in [0.2, 0.25) is 5.78 Å². The summed E-state index contributed by atoms with van der Waals surface area (Å²) in [6, 6.07) is 16.8. The zero-order chi connectivity index (χ0) is 15.1. The largest absolute Gasteiger partial charge is 0.497 e. The Balaban J connectivity index is 2.02. The molecule has 0 aliphatic rings. The van der Waals surface area contributed by atoms with E-state index in [9.17, 15) is 4.79 Å². The van der Waals surface area contributed by atoms with E-state index < -0.39 is 0 Å². The highest BCUT2D eigenvalue weighted by Gasteiger charge is 2.03. The Labute approximate surface area is 125 Å². The topological polar surface area (TPSA) is 26.3 Å². The van der Waals surface area contributed by atoms with Crippen LogP contribution in [0.1, 0.15) is 22.3 Å². The molecule has 0 spiro atoms. The van der Waals surface area contributed by atoms with Gasteiger partial charge >= 0.3 is 0 Å². The van der Waals surface area contributed by atoms with Gasteiger partial charge in [0.15, 0.2) is 0 Å². The molecule has 0 saturated carbocycles. The second-order valence-corrected chi connectivity index (χ2v) is 4.51. The van der Waals surface area contributed by atoms with Gasteiger partial charge in [0.1, 0.15) is 5.75 Å². The van der Waals surface area contributed by atoms with Crippen LogP contribution in [-0.4, -0.2) is 12.9 Å². The lowest BCUT2D eigenvalue weighted by Gasteiger charge is -2.01. The van der Waals surface area contributed by atoms with Gasteiger partial charge in [-0.3, -0.25) is 4.79 Å². The molecule has 0 heterocycles. The van der Waals surface area contributed by atoms with Crippen LogP contribution < -0.4 is 4.74 Å². The number of methoxy groups -OCH3 is 1. The minimum atomic E-state index is -0.213. The fourth-order valence-corrected chi connectivity index (χ4v) is 1.84. The lowest BCUT2D eigenvalue weighted by atomic mass is 10.0. The Kier molecular flexibility index (Phi) is 4.95. The number of hydrogen-bond donors (Lipinski definition) is 0. The Hall–Kier alpha value is -2.79. The van der Waals surface area contributed by atoms with Gasteiger partial charge < -0.3 is 4.74 Å². The van der Waals surface area contributed by atoms with Crippen LogP contribution >= 0.6 is 0 Å². The summed E-state index contributed by atoms with van der Waals surface area (Å²) in [4.78, 5) is 12.0. The summed E-state index contributed by atoms with van der Waals surface area (Å²) in [6.45, 7) is 3.99. The maximum Gasteiger partial charge on any atom is 0.236 e. The van der Waals surface area contributed by atoms with Crippen LogP contribution in [-0.2, 0) is 0 Å². The quantitative estimate of drug-likeness (QED) is 0.479. The second-order valence-electron chi connectivity index (χ2n) is 4.51. The zero-order valence-electron chi connectivity index (χ0n) is 11.9. The van der Waals surface area contributed by atoms with Gasteiger partial charge in [-0.1, -0.05) is 55.0 Å². The molecule has 0 bridgehead atoms. The molecule has 0 atom stereocenters. The molecule has 0 fully saturated rings. The summed E-state index contributed by atoms with van der Waals surface area (Å²) in [6.07, 6.45) is 0.472. The third kappa shape index (κ3) is 4.09. The molecule has 2 aromatic carbocycles. The normalized spacial score (nSPS) is 9.38. The van der Waals surface area contributed by atoms with E-state index in [1.165, 1.54) is 0 Å². The average Bonchev–Trinajstić information content (AvgIpc) is 2.55. The molecule has 2 nitrogen and oxygen atoms in total. The van der Waals surface area contributed by atoms with Crippen molar-refractivity contribution in [2.45, 2.75) is 6.42 Å². The predicted octanol–water partition coefficient (Wildman–Crippen LogP) is 3.98. The van der Waals surface area contributed by atoms with Crippen LogP contribution in [0, 0.1) is 11.8 Å².